The van der Waals surface area contributed by atoms with E-state index in [0.717, 1.165) is 0 Å². The van der Waals surface area contributed by atoms with Crippen molar-refractivity contribution in [1.82, 2.24) is 14.8 Å². The number of hydrogen-bond donors (Lipinski definition) is 1. The molecule has 0 radical (unpaired) electrons. The first-order valence-corrected chi connectivity index (χ1v) is 7.46. The van der Waals surface area contributed by atoms with E-state index in [1.54, 1.807) is 29.8 Å². The third-order valence-corrected chi connectivity index (χ3v) is 3.92. The zero-order chi connectivity index (χ0) is 15.5. The maximum atomic E-state index is 12.1. The molecule has 0 bridgehead atoms. The molecular weight excluding hydrogens is 324 g/mol. The Balaban J connectivity index is 1.84. The number of nitrogens with one attached hydrogen (secondary N) is 1. The molecule has 22 heavy (non-hydrogen) atoms. The van der Waals surface area contributed by atoms with Gasteiger partial charge in [-0.15, -0.1) is 11.3 Å². The van der Waals surface area contributed by atoms with Crippen LogP contribution < -0.4 is 11.0 Å². The van der Waals surface area contributed by atoms with E-state index >= 15 is 0 Å². The number of fused-ring (bicyclic) bond motifs is 1. The summed E-state index contributed by atoms with van der Waals surface area (Å²) in [7, 11) is 0. The summed E-state index contributed by atoms with van der Waals surface area (Å²) in [6.07, 6.45) is 3.11. The minimum absolute atomic E-state index is 0.174. The molecule has 2 aromatic heterocycles. The van der Waals surface area contributed by atoms with E-state index < -0.39 is 11.5 Å². The normalized spacial score (nSPS) is 11.1. The molecule has 0 unspecified atom stereocenters. The van der Waals surface area contributed by atoms with Crippen LogP contribution in [0.25, 0.3) is 4.96 Å². The highest BCUT2D eigenvalue weighted by molar-refractivity contribution is 7.15. The lowest BCUT2D eigenvalue weighted by molar-refractivity contribution is 0.0948. The van der Waals surface area contributed by atoms with Crippen molar-refractivity contribution < 1.29 is 4.79 Å². The van der Waals surface area contributed by atoms with Crippen LogP contribution >= 0.6 is 22.9 Å². The van der Waals surface area contributed by atoms with Gasteiger partial charge >= 0.3 is 0 Å². The molecule has 1 N–H and O–H groups in total. The molecule has 3 rings (SSSR count). The Morgan fingerprint density at radius 3 is 3.05 bits per heavy atom. The number of rotatable bonds is 3. The summed E-state index contributed by atoms with van der Waals surface area (Å²) in [5.41, 5.74) is 2.75. The molecule has 1 aromatic carbocycles. The predicted molar refractivity (Wildman–Crippen MR) is 85.9 cm³/mol. The molecule has 0 spiro atoms. The first-order valence-electron chi connectivity index (χ1n) is 6.20. The number of nitrogens with zero attached hydrogens (tertiary/aromatic N) is 3. The molecule has 2 heterocycles. The minimum Gasteiger partial charge on any atom is -0.287 e. The maximum Gasteiger partial charge on any atom is 0.288 e. The summed E-state index contributed by atoms with van der Waals surface area (Å²) in [4.78, 5) is 27.9. The number of halogens is 1. The molecule has 6 nitrogen and oxygen atoms in total. The Morgan fingerprint density at radius 2 is 2.23 bits per heavy atom. The van der Waals surface area contributed by atoms with Gasteiger partial charge in [-0.2, -0.15) is 10.1 Å². The average Bonchev–Trinajstić information content (AvgIpc) is 2.96. The molecule has 0 aliphatic rings. The molecule has 0 fully saturated rings. The largest absolute Gasteiger partial charge is 0.288 e. The molecule has 0 atom stereocenters. The van der Waals surface area contributed by atoms with Crippen molar-refractivity contribution in [3.05, 3.63) is 68.5 Å². The number of carbonyl (C=O) groups is 1. The summed E-state index contributed by atoms with van der Waals surface area (Å²) >= 11 is 7.26. The Hall–Kier alpha value is -2.51. The van der Waals surface area contributed by atoms with Crippen LogP contribution in [0, 0.1) is 0 Å². The number of benzene rings is 1. The third kappa shape index (κ3) is 2.90. The zero-order valence-electron chi connectivity index (χ0n) is 11.1. The predicted octanol–water partition coefficient (Wildman–Crippen LogP) is 2.17. The summed E-state index contributed by atoms with van der Waals surface area (Å²) in [6, 6.07) is 8.27. The highest BCUT2D eigenvalue weighted by Gasteiger charge is 2.11. The van der Waals surface area contributed by atoms with Crippen LogP contribution in [0.4, 0.5) is 0 Å². The van der Waals surface area contributed by atoms with Crippen LogP contribution in [0.3, 0.4) is 0 Å². The standard InChI is InChI=1S/C14H9ClN4O2S/c15-10-4-2-1-3-9(10)8-16-18-13(21)11-7-12(20)17-14-19(11)5-6-22-14/h1-8H,(H,18,21). The smallest absolute Gasteiger partial charge is 0.287 e. The SMILES string of the molecule is O=C(NN=Cc1ccccc1Cl)c1cc(=O)nc2sccn12. The van der Waals surface area contributed by atoms with E-state index in [2.05, 4.69) is 15.5 Å². The second-order valence-electron chi connectivity index (χ2n) is 4.26. The van der Waals surface area contributed by atoms with Crippen LogP contribution in [-0.2, 0) is 0 Å². The fourth-order valence-corrected chi connectivity index (χ4v) is 2.73. The van der Waals surface area contributed by atoms with Crippen molar-refractivity contribution in [3.63, 3.8) is 0 Å². The molecular formula is C14H9ClN4O2S. The number of thiazole rings is 1. The number of aromatic nitrogens is 2. The maximum absolute atomic E-state index is 12.1. The summed E-state index contributed by atoms with van der Waals surface area (Å²) in [5, 5.41) is 6.13. The molecule has 0 saturated carbocycles. The second-order valence-corrected chi connectivity index (χ2v) is 5.54. The van der Waals surface area contributed by atoms with E-state index in [9.17, 15) is 9.59 Å². The van der Waals surface area contributed by atoms with Crippen LogP contribution in [0.15, 0.2) is 51.8 Å². The summed E-state index contributed by atoms with van der Waals surface area (Å²) < 4.78 is 1.53. The fourth-order valence-electron chi connectivity index (χ4n) is 1.82. The van der Waals surface area contributed by atoms with Crippen molar-refractivity contribution >= 4 is 40.0 Å². The van der Waals surface area contributed by atoms with E-state index in [4.69, 9.17) is 11.6 Å². The number of hydrazone groups is 1. The summed E-state index contributed by atoms with van der Waals surface area (Å²) in [6.45, 7) is 0. The first kappa shape index (κ1) is 14.4. The van der Waals surface area contributed by atoms with Crippen molar-refractivity contribution in [1.29, 1.82) is 0 Å². The molecule has 110 valence electrons. The Morgan fingerprint density at radius 1 is 1.41 bits per heavy atom. The van der Waals surface area contributed by atoms with Crippen molar-refractivity contribution in [2.75, 3.05) is 0 Å². The number of amides is 1. The Labute approximate surface area is 133 Å². The zero-order valence-corrected chi connectivity index (χ0v) is 12.6. The topological polar surface area (TPSA) is 75.8 Å². The quantitative estimate of drug-likeness (QED) is 0.590. The molecule has 0 aliphatic carbocycles. The van der Waals surface area contributed by atoms with Gasteiger partial charge in [0.15, 0.2) is 4.96 Å². The highest BCUT2D eigenvalue weighted by atomic mass is 35.5. The Kier molecular flexibility index (Phi) is 3.99. The molecule has 0 aliphatic heterocycles. The van der Waals surface area contributed by atoms with Gasteiger partial charge in [0.25, 0.3) is 11.5 Å². The average molecular weight is 333 g/mol. The number of carbonyl (C=O) groups excluding carboxylic acids is 1. The van der Waals surface area contributed by atoms with E-state index in [-0.39, 0.29) is 5.69 Å². The van der Waals surface area contributed by atoms with Crippen LogP contribution in [0.1, 0.15) is 16.1 Å². The van der Waals surface area contributed by atoms with E-state index in [1.165, 1.54) is 28.0 Å². The van der Waals surface area contributed by atoms with Gasteiger partial charge in [-0.3, -0.25) is 14.0 Å². The van der Waals surface area contributed by atoms with Gasteiger partial charge in [-0.1, -0.05) is 29.8 Å². The first-order chi connectivity index (χ1) is 10.6. The van der Waals surface area contributed by atoms with Gasteiger partial charge in [0.05, 0.1) is 6.21 Å². The van der Waals surface area contributed by atoms with Gasteiger partial charge < -0.3 is 0 Å². The molecule has 8 heteroatoms. The fraction of sp³-hybridized carbons (Fsp3) is 0. The van der Waals surface area contributed by atoms with E-state index in [1.807, 2.05) is 6.07 Å². The monoisotopic (exact) mass is 332 g/mol. The van der Waals surface area contributed by atoms with Crippen LogP contribution in [0.2, 0.25) is 5.02 Å². The number of hydrogen-bond acceptors (Lipinski definition) is 5. The lowest BCUT2D eigenvalue weighted by Gasteiger charge is -2.02. The van der Waals surface area contributed by atoms with E-state index in [0.29, 0.717) is 15.5 Å². The summed E-state index contributed by atoms with van der Waals surface area (Å²) in [5.74, 6) is -0.504. The third-order valence-electron chi connectivity index (χ3n) is 2.82. The van der Waals surface area contributed by atoms with Crippen LogP contribution in [-0.4, -0.2) is 21.5 Å². The van der Waals surface area contributed by atoms with Crippen LogP contribution in [0.5, 0.6) is 0 Å². The second kappa shape index (κ2) is 6.08. The highest BCUT2D eigenvalue weighted by Crippen LogP contribution is 2.12. The van der Waals surface area contributed by atoms with Gasteiger partial charge in [0.1, 0.15) is 5.69 Å². The lowest BCUT2D eigenvalue weighted by Crippen LogP contribution is -2.23. The van der Waals surface area contributed by atoms with Gasteiger partial charge in [0.2, 0.25) is 0 Å². The van der Waals surface area contributed by atoms with Crippen molar-refractivity contribution in [2.45, 2.75) is 0 Å². The lowest BCUT2D eigenvalue weighted by atomic mass is 10.2. The van der Waals surface area contributed by atoms with Crippen molar-refractivity contribution in [3.8, 4) is 0 Å². The molecule has 0 saturated heterocycles. The van der Waals surface area contributed by atoms with Gasteiger partial charge in [0, 0.05) is 28.2 Å². The minimum atomic E-state index is -0.504. The van der Waals surface area contributed by atoms with Gasteiger partial charge in [-0.05, 0) is 6.07 Å². The molecule has 3 aromatic rings. The van der Waals surface area contributed by atoms with Crippen molar-refractivity contribution in [2.24, 2.45) is 5.10 Å². The van der Waals surface area contributed by atoms with Gasteiger partial charge in [-0.25, -0.2) is 5.43 Å². The molecule has 1 amide bonds. The Bertz CT molecular complexity index is 932.